The van der Waals surface area contributed by atoms with Gasteiger partial charge in [0.05, 0.1) is 29.8 Å². The molecule has 5 rings (SSSR count). The van der Waals surface area contributed by atoms with Crippen molar-refractivity contribution in [3.05, 3.63) is 42.1 Å². The number of benzene rings is 1. The Bertz CT molecular complexity index is 804. The van der Waals surface area contributed by atoms with Crippen LogP contribution in [0.1, 0.15) is 18.5 Å². The SMILES string of the molecule is O=C(NC1CC1)[C@H]1CO[C@@H]2CN(Cc3ccc4ccccc4n3)C[C@H]12. The summed E-state index contributed by atoms with van der Waals surface area (Å²) in [6.07, 6.45) is 2.45. The van der Waals surface area contributed by atoms with Gasteiger partial charge in [-0.2, -0.15) is 0 Å². The van der Waals surface area contributed by atoms with Crippen LogP contribution in [-0.2, 0) is 16.1 Å². The van der Waals surface area contributed by atoms with Gasteiger partial charge in [0.15, 0.2) is 0 Å². The lowest BCUT2D eigenvalue weighted by atomic mass is 9.92. The van der Waals surface area contributed by atoms with E-state index in [-0.39, 0.29) is 17.9 Å². The summed E-state index contributed by atoms with van der Waals surface area (Å²) >= 11 is 0. The maximum Gasteiger partial charge on any atom is 0.226 e. The molecule has 1 N–H and O–H groups in total. The van der Waals surface area contributed by atoms with Gasteiger partial charge in [-0.1, -0.05) is 24.3 Å². The maximum absolute atomic E-state index is 12.4. The van der Waals surface area contributed by atoms with Crippen molar-refractivity contribution >= 4 is 16.8 Å². The van der Waals surface area contributed by atoms with Crippen LogP contribution in [0.25, 0.3) is 10.9 Å². The number of nitrogens with zero attached hydrogens (tertiary/aromatic N) is 2. The first-order valence-corrected chi connectivity index (χ1v) is 9.25. The van der Waals surface area contributed by atoms with Gasteiger partial charge in [-0.3, -0.25) is 14.7 Å². The summed E-state index contributed by atoms with van der Waals surface area (Å²) in [6, 6.07) is 12.9. The van der Waals surface area contributed by atoms with Crippen LogP contribution in [0.4, 0.5) is 0 Å². The second-order valence-corrected chi connectivity index (χ2v) is 7.61. The molecule has 2 saturated heterocycles. The van der Waals surface area contributed by atoms with E-state index >= 15 is 0 Å². The van der Waals surface area contributed by atoms with Gasteiger partial charge in [-0.05, 0) is 25.0 Å². The average Bonchev–Trinajstić information content (AvgIpc) is 3.21. The molecule has 3 atom stereocenters. The van der Waals surface area contributed by atoms with Crippen LogP contribution < -0.4 is 5.32 Å². The molecule has 25 heavy (non-hydrogen) atoms. The predicted octanol–water partition coefficient (Wildman–Crippen LogP) is 1.96. The van der Waals surface area contributed by atoms with Crippen molar-refractivity contribution in [2.45, 2.75) is 31.5 Å². The minimum absolute atomic E-state index is 0.0140. The van der Waals surface area contributed by atoms with Crippen molar-refractivity contribution in [1.82, 2.24) is 15.2 Å². The van der Waals surface area contributed by atoms with Crippen molar-refractivity contribution in [2.24, 2.45) is 11.8 Å². The minimum Gasteiger partial charge on any atom is -0.376 e. The Hall–Kier alpha value is -1.98. The molecule has 0 bridgehead atoms. The molecule has 130 valence electrons. The number of rotatable bonds is 4. The predicted molar refractivity (Wildman–Crippen MR) is 94.9 cm³/mol. The molecular formula is C20H23N3O2. The maximum atomic E-state index is 12.4. The third-order valence-corrected chi connectivity index (χ3v) is 5.69. The number of carbonyl (C=O) groups is 1. The molecule has 5 heteroatoms. The normalized spacial score (nSPS) is 29.0. The van der Waals surface area contributed by atoms with Gasteiger partial charge in [0.1, 0.15) is 0 Å². The van der Waals surface area contributed by atoms with Gasteiger partial charge >= 0.3 is 0 Å². The van der Waals surface area contributed by atoms with Crippen molar-refractivity contribution in [3.63, 3.8) is 0 Å². The molecule has 1 amide bonds. The molecule has 0 radical (unpaired) electrons. The van der Waals surface area contributed by atoms with Gasteiger partial charge in [0, 0.05) is 37.0 Å². The highest BCUT2D eigenvalue weighted by Crippen LogP contribution is 2.35. The summed E-state index contributed by atoms with van der Waals surface area (Å²) in [5.41, 5.74) is 2.12. The Kier molecular flexibility index (Phi) is 3.71. The van der Waals surface area contributed by atoms with E-state index < -0.39 is 0 Å². The Morgan fingerprint density at radius 2 is 2.08 bits per heavy atom. The molecule has 1 aromatic heterocycles. The number of pyridine rings is 1. The molecule has 1 aromatic carbocycles. The fraction of sp³-hybridized carbons (Fsp3) is 0.500. The number of hydrogen-bond acceptors (Lipinski definition) is 4. The summed E-state index contributed by atoms with van der Waals surface area (Å²) in [5.74, 6) is 0.528. The zero-order chi connectivity index (χ0) is 16.8. The van der Waals surface area contributed by atoms with Crippen LogP contribution in [0.15, 0.2) is 36.4 Å². The second-order valence-electron chi connectivity index (χ2n) is 7.61. The number of fused-ring (bicyclic) bond motifs is 2. The van der Waals surface area contributed by atoms with Gasteiger partial charge in [-0.25, -0.2) is 0 Å². The summed E-state index contributed by atoms with van der Waals surface area (Å²) in [6.45, 7) is 3.21. The zero-order valence-corrected chi connectivity index (χ0v) is 14.2. The van der Waals surface area contributed by atoms with Crippen LogP contribution in [0.3, 0.4) is 0 Å². The molecule has 1 saturated carbocycles. The van der Waals surface area contributed by atoms with E-state index in [2.05, 4.69) is 34.5 Å². The van der Waals surface area contributed by atoms with Crippen molar-refractivity contribution in [1.29, 1.82) is 0 Å². The molecule has 2 aliphatic heterocycles. The molecule has 0 unspecified atom stereocenters. The van der Waals surface area contributed by atoms with E-state index in [0.29, 0.717) is 18.6 Å². The molecule has 3 fully saturated rings. The van der Waals surface area contributed by atoms with Crippen LogP contribution >= 0.6 is 0 Å². The number of hydrogen-bond donors (Lipinski definition) is 1. The van der Waals surface area contributed by atoms with E-state index in [0.717, 1.165) is 43.7 Å². The molecule has 3 heterocycles. The second kappa shape index (κ2) is 6.07. The van der Waals surface area contributed by atoms with Crippen LogP contribution in [-0.4, -0.2) is 47.6 Å². The van der Waals surface area contributed by atoms with Gasteiger partial charge < -0.3 is 10.1 Å². The zero-order valence-electron chi connectivity index (χ0n) is 14.2. The molecule has 3 aliphatic rings. The van der Waals surface area contributed by atoms with Crippen LogP contribution in [0.2, 0.25) is 0 Å². The van der Waals surface area contributed by atoms with E-state index in [1.807, 2.05) is 12.1 Å². The topological polar surface area (TPSA) is 54.5 Å². The number of carbonyl (C=O) groups excluding carboxylic acids is 1. The highest BCUT2D eigenvalue weighted by molar-refractivity contribution is 5.80. The third kappa shape index (κ3) is 3.02. The summed E-state index contributed by atoms with van der Waals surface area (Å²) in [7, 11) is 0. The Morgan fingerprint density at radius 1 is 1.20 bits per heavy atom. The van der Waals surface area contributed by atoms with Crippen molar-refractivity contribution < 1.29 is 9.53 Å². The number of likely N-dealkylation sites (tertiary alicyclic amines) is 1. The monoisotopic (exact) mass is 337 g/mol. The highest BCUT2D eigenvalue weighted by atomic mass is 16.5. The van der Waals surface area contributed by atoms with Gasteiger partial charge in [0.25, 0.3) is 0 Å². The summed E-state index contributed by atoms with van der Waals surface area (Å²) in [5, 5.41) is 4.31. The third-order valence-electron chi connectivity index (χ3n) is 5.69. The highest BCUT2D eigenvalue weighted by Gasteiger charge is 2.47. The first-order chi connectivity index (χ1) is 12.3. The number of para-hydroxylation sites is 1. The Morgan fingerprint density at radius 3 is 2.96 bits per heavy atom. The van der Waals surface area contributed by atoms with Crippen LogP contribution in [0, 0.1) is 11.8 Å². The lowest BCUT2D eigenvalue weighted by molar-refractivity contribution is -0.126. The van der Waals surface area contributed by atoms with E-state index in [9.17, 15) is 4.79 Å². The number of ether oxygens (including phenoxy) is 1. The van der Waals surface area contributed by atoms with E-state index in [1.165, 1.54) is 5.39 Å². The van der Waals surface area contributed by atoms with Crippen molar-refractivity contribution in [3.8, 4) is 0 Å². The fourth-order valence-corrected chi connectivity index (χ4v) is 4.15. The molecular weight excluding hydrogens is 314 g/mol. The lowest BCUT2D eigenvalue weighted by Gasteiger charge is -2.19. The summed E-state index contributed by atoms with van der Waals surface area (Å²) < 4.78 is 5.93. The molecule has 0 spiro atoms. The Balaban J connectivity index is 1.26. The molecule has 2 aromatic rings. The van der Waals surface area contributed by atoms with E-state index in [4.69, 9.17) is 9.72 Å². The Labute approximate surface area is 147 Å². The first kappa shape index (κ1) is 15.3. The standard InChI is InChI=1S/C20H23N3O2/c24-20(22-14-7-8-14)17-12-25-19-11-23(10-16(17)19)9-15-6-5-13-3-1-2-4-18(13)21-15/h1-6,14,16-17,19H,7-12H2,(H,22,24)/t16-,17+,19-/m1/s1. The molecule has 1 aliphatic carbocycles. The lowest BCUT2D eigenvalue weighted by Crippen LogP contribution is -2.37. The van der Waals surface area contributed by atoms with Crippen LogP contribution in [0.5, 0.6) is 0 Å². The van der Waals surface area contributed by atoms with E-state index in [1.54, 1.807) is 0 Å². The smallest absolute Gasteiger partial charge is 0.226 e. The molecule has 5 nitrogen and oxygen atoms in total. The first-order valence-electron chi connectivity index (χ1n) is 9.25. The number of aromatic nitrogens is 1. The average molecular weight is 337 g/mol. The largest absolute Gasteiger partial charge is 0.376 e. The van der Waals surface area contributed by atoms with Gasteiger partial charge in [0.2, 0.25) is 5.91 Å². The quantitative estimate of drug-likeness (QED) is 0.927. The van der Waals surface area contributed by atoms with Gasteiger partial charge in [-0.15, -0.1) is 0 Å². The fourth-order valence-electron chi connectivity index (χ4n) is 4.15. The number of nitrogens with one attached hydrogen (secondary N) is 1. The number of amides is 1. The minimum atomic E-state index is 0.0140. The van der Waals surface area contributed by atoms with Crippen molar-refractivity contribution in [2.75, 3.05) is 19.7 Å². The summed E-state index contributed by atoms with van der Waals surface area (Å²) in [4.78, 5) is 19.6.